The molecule has 158 valence electrons. The molecule has 32 heavy (non-hydrogen) atoms. The first-order chi connectivity index (χ1) is 15.3. The van der Waals surface area contributed by atoms with E-state index in [9.17, 15) is 0 Å². The van der Waals surface area contributed by atoms with E-state index in [4.69, 9.17) is 14.4 Å². The minimum absolute atomic E-state index is 0.204. The third-order valence-corrected chi connectivity index (χ3v) is 6.14. The molecule has 6 rings (SSSR count). The van der Waals surface area contributed by atoms with Crippen molar-refractivity contribution >= 4 is 44.0 Å². The second-order valence-corrected chi connectivity index (χ2v) is 9.49. The molecule has 0 spiro atoms. The molecule has 4 heterocycles. The normalized spacial score (nSPS) is 12.5. The van der Waals surface area contributed by atoms with Crippen LogP contribution in [0.2, 0.25) is 0 Å². The number of benzene rings is 2. The van der Waals surface area contributed by atoms with Crippen molar-refractivity contribution in [2.75, 3.05) is 0 Å². The predicted octanol–water partition coefficient (Wildman–Crippen LogP) is 6.92. The summed E-state index contributed by atoms with van der Waals surface area (Å²) in [5.41, 5.74) is 7.47. The van der Waals surface area contributed by atoms with Crippen molar-refractivity contribution in [2.24, 2.45) is 0 Å². The van der Waals surface area contributed by atoms with E-state index >= 15 is 0 Å². The second kappa shape index (κ2) is 6.39. The maximum atomic E-state index is 6.31. The van der Waals surface area contributed by atoms with Crippen molar-refractivity contribution in [3.05, 3.63) is 66.0 Å². The molecule has 0 aliphatic rings. The molecule has 2 aromatic carbocycles. The lowest BCUT2D eigenvalue weighted by Crippen LogP contribution is -2.22. The number of rotatable bonds is 1. The van der Waals surface area contributed by atoms with Gasteiger partial charge < -0.3 is 8.98 Å². The van der Waals surface area contributed by atoms with Crippen LogP contribution in [0.25, 0.3) is 55.4 Å². The Morgan fingerprint density at radius 2 is 1.66 bits per heavy atom. The molecule has 0 unspecified atom stereocenters. The molecule has 4 aromatic heterocycles. The van der Waals surface area contributed by atoms with Crippen molar-refractivity contribution < 1.29 is 4.42 Å². The van der Waals surface area contributed by atoms with E-state index in [1.54, 1.807) is 6.20 Å². The second-order valence-electron chi connectivity index (χ2n) is 9.49. The van der Waals surface area contributed by atoms with E-state index < -0.39 is 0 Å². The van der Waals surface area contributed by atoms with Gasteiger partial charge in [0.15, 0.2) is 0 Å². The topological polar surface area (TPSA) is 56.7 Å². The highest BCUT2D eigenvalue weighted by Crippen LogP contribution is 2.40. The molecule has 0 aliphatic carbocycles. The maximum Gasteiger partial charge on any atom is 0.227 e. The third-order valence-electron chi connectivity index (χ3n) is 6.14. The summed E-state index contributed by atoms with van der Waals surface area (Å²) in [5, 5.41) is 3.24. The first-order valence-corrected chi connectivity index (χ1v) is 10.9. The number of furan rings is 1. The van der Waals surface area contributed by atoms with Crippen LogP contribution in [0, 0.1) is 13.8 Å². The summed E-state index contributed by atoms with van der Waals surface area (Å²) in [5.74, 6) is 0.893. The van der Waals surface area contributed by atoms with Crippen LogP contribution in [0.3, 0.4) is 0 Å². The number of aryl methyl sites for hydroxylation is 2. The van der Waals surface area contributed by atoms with Crippen molar-refractivity contribution in [3.8, 4) is 11.4 Å². The van der Waals surface area contributed by atoms with Gasteiger partial charge in [0.05, 0.1) is 22.1 Å². The Labute approximate surface area is 185 Å². The van der Waals surface area contributed by atoms with Gasteiger partial charge in [-0.25, -0.2) is 9.97 Å². The highest BCUT2D eigenvalue weighted by Gasteiger charge is 2.26. The summed E-state index contributed by atoms with van der Waals surface area (Å²) >= 11 is 0. The van der Waals surface area contributed by atoms with Crippen LogP contribution in [0.5, 0.6) is 0 Å². The van der Waals surface area contributed by atoms with Gasteiger partial charge in [0.25, 0.3) is 0 Å². The molecule has 0 aliphatic heterocycles. The summed E-state index contributed by atoms with van der Waals surface area (Å²) in [6, 6.07) is 16.6. The fraction of sp³-hybridized carbons (Fsp3) is 0.222. The van der Waals surface area contributed by atoms with Crippen molar-refractivity contribution in [1.82, 2.24) is 19.5 Å². The van der Waals surface area contributed by atoms with Gasteiger partial charge in [-0.3, -0.25) is 4.98 Å². The zero-order valence-corrected chi connectivity index (χ0v) is 18.9. The van der Waals surface area contributed by atoms with Gasteiger partial charge in [-0.2, -0.15) is 0 Å². The quantitative estimate of drug-likeness (QED) is 0.290. The maximum absolute atomic E-state index is 6.31. The van der Waals surface area contributed by atoms with Crippen LogP contribution >= 0.6 is 0 Å². The highest BCUT2D eigenvalue weighted by atomic mass is 16.3. The van der Waals surface area contributed by atoms with E-state index in [0.29, 0.717) is 5.71 Å². The van der Waals surface area contributed by atoms with Crippen LogP contribution in [-0.4, -0.2) is 19.5 Å². The standard InChI is InChI=1S/C27H24N4O/c1-15-8-10-19(24-22(15)18-7-6-14-28-26(18)32-24)25-30-21-13-12-20-17(11-9-16(2)29-20)23(21)31(25)27(3,4)5/h6-14H,1-5H3. The molecule has 0 N–H and O–H groups in total. The SMILES string of the molecule is Cc1ccc2c(ccc3nc(-c4ccc(C)c5c4oc4ncccc45)n(C(C)(C)C)c32)n1. The molecule has 5 nitrogen and oxygen atoms in total. The Morgan fingerprint density at radius 3 is 2.47 bits per heavy atom. The lowest BCUT2D eigenvalue weighted by molar-refractivity contribution is 0.413. The van der Waals surface area contributed by atoms with Crippen molar-refractivity contribution in [3.63, 3.8) is 0 Å². The Morgan fingerprint density at radius 1 is 0.844 bits per heavy atom. The lowest BCUT2D eigenvalue weighted by atomic mass is 10.0. The van der Waals surface area contributed by atoms with Crippen LogP contribution in [0.1, 0.15) is 32.0 Å². The molecule has 0 amide bonds. The van der Waals surface area contributed by atoms with Gasteiger partial charge >= 0.3 is 0 Å². The van der Waals surface area contributed by atoms with E-state index in [1.165, 1.54) is 5.56 Å². The number of pyridine rings is 2. The zero-order valence-electron chi connectivity index (χ0n) is 18.9. The molecule has 0 atom stereocenters. The summed E-state index contributed by atoms with van der Waals surface area (Å²) in [6.45, 7) is 10.8. The van der Waals surface area contributed by atoms with Crippen LogP contribution in [-0.2, 0) is 5.54 Å². The summed E-state index contributed by atoms with van der Waals surface area (Å²) in [4.78, 5) is 14.3. The molecule has 5 heteroatoms. The monoisotopic (exact) mass is 420 g/mol. The Bertz CT molecular complexity index is 1680. The molecular formula is C27H24N4O. The highest BCUT2D eigenvalue weighted by molar-refractivity contribution is 6.11. The molecule has 0 radical (unpaired) electrons. The molecule has 0 fully saturated rings. The van der Waals surface area contributed by atoms with Gasteiger partial charge in [0.1, 0.15) is 11.4 Å². The summed E-state index contributed by atoms with van der Waals surface area (Å²) in [7, 11) is 0. The molecular weight excluding hydrogens is 396 g/mol. The number of hydrogen-bond donors (Lipinski definition) is 0. The number of nitrogens with zero attached hydrogens (tertiary/aromatic N) is 4. The zero-order chi connectivity index (χ0) is 22.2. The smallest absolute Gasteiger partial charge is 0.227 e. The number of fused-ring (bicyclic) bond motifs is 6. The summed E-state index contributed by atoms with van der Waals surface area (Å²) < 4.78 is 8.63. The fourth-order valence-electron chi connectivity index (χ4n) is 4.76. The first kappa shape index (κ1) is 19.0. The van der Waals surface area contributed by atoms with Crippen LogP contribution < -0.4 is 0 Å². The van der Waals surface area contributed by atoms with Gasteiger partial charge in [-0.05, 0) is 82.6 Å². The van der Waals surface area contributed by atoms with Crippen LogP contribution in [0.4, 0.5) is 0 Å². The van der Waals surface area contributed by atoms with E-state index in [-0.39, 0.29) is 5.54 Å². The molecule has 6 aromatic rings. The largest absolute Gasteiger partial charge is 0.437 e. The minimum Gasteiger partial charge on any atom is -0.437 e. The fourth-order valence-corrected chi connectivity index (χ4v) is 4.76. The number of aromatic nitrogens is 4. The van der Waals surface area contributed by atoms with E-state index in [0.717, 1.165) is 55.4 Å². The van der Waals surface area contributed by atoms with Gasteiger partial charge in [-0.15, -0.1) is 0 Å². The number of imidazole rings is 1. The lowest BCUT2D eigenvalue weighted by Gasteiger charge is -2.25. The summed E-state index contributed by atoms with van der Waals surface area (Å²) in [6.07, 6.45) is 1.77. The number of hydrogen-bond acceptors (Lipinski definition) is 4. The average Bonchev–Trinajstić information content (AvgIpc) is 3.33. The van der Waals surface area contributed by atoms with Gasteiger partial charge in [0.2, 0.25) is 5.71 Å². The first-order valence-electron chi connectivity index (χ1n) is 10.9. The average molecular weight is 421 g/mol. The minimum atomic E-state index is -0.204. The van der Waals surface area contributed by atoms with Crippen LogP contribution in [0.15, 0.2) is 59.1 Å². The predicted molar refractivity (Wildman–Crippen MR) is 130 cm³/mol. The van der Waals surface area contributed by atoms with E-state index in [1.807, 2.05) is 13.0 Å². The Balaban J connectivity index is 1.79. The Hall–Kier alpha value is -3.73. The third kappa shape index (κ3) is 2.60. The van der Waals surface area contributed by atoms with Crippen molar-refractivity contribution in [1.29, 1.82) is 0 Å². The van der Waals surface area contributed by atoms with Crippen molar-refractivity contribution in [2.45, 2.75) is 40.2 Å². The van der Waals surface area contributed by atoms with Gasteiger partial charge in [-0.1, -0.05) is 6.07 Å². The molecule has 0 saturated heterocycles. The Kier molecular flexibility index (Phi) is 3.79. The van der Waals surface area contributed by atoms with Gasteiger partial charge in [0, 0.05) is 33.6 Å². The molecule has 0 saturated carbocycles. The van der Waals surface area contributed by atoms with E-state index in [2.05, 4.69) is 79.7 Å². The molecule has 0 bridgehead atoms.